The molecule has 2 aromatic carbocycles. The standard InChI is InChI=1S/C21H20O2/c1-3-4-15-19(17-11-7-5-8-12-17)20(16(2)21(22)23)18-13-9-6-10-14-18/h3-16H,1H2,2H3,(H,22,23). The van der Waals surface area contributed by atoms with Crippen LogP contribution in [0.5, 0.6) is 0 Å². The van der Waals surface area contributed by atoms with E-state index < -0.39 is 11.9 Å². The van der Waals surface area contributed by atoms with Crippen LogP contribution in [0.4, 0.5) is 0 Å². The van der Waals surface area contributed by atoms with Gasteiger partial charge >= 0.3 is 5.97 Å². The van der Waals surface area contributed by atoms with Gasteiger partial charge in [0.1, 0.15) is 0 Å². The lowest BCUT2D eigenvalue weighted by Crippen LogP contribution is -2.13. The summed E-state index contributed by atoms with van der Waals surface area (Å²) in [5.41, 5.74) is 3.58. The molecule has 0 fully saturated rings. The average Bonchev–Trinajstić information content (AvgIpc) is 2.59. The Morgan fingerprint density at radius 3 is 2.00 bits per heavy atom. The second-order valence-electron chi connectivity index (χ2n) is 5.21. The molecular formula is C21H20O2. The van der Waals surface area contributed by atoms with E-state index in [1.54, 1.807) is 13.0 Å². The molecule has 0 aliphatic heterocycles. The Labute approximate surface area is 137 Å². The molecule has 0 heterocycles. The highest BCUT2D eigenvalue weighted by atomic mass is 16.4. The Hall–Kier alpha value is -2.87. The van der Waals surface area contributed by atoms with E-state index in [4.69, 9.17) is 0 Å². The molecule has 2 nitrogen and oxygen atoms in total. The molecule has 0 spiro atoms. The van der Waals surface area contributed by atoms with E-state index >= 15 is 0 Å². The predicted molar refractivity (Wildman–Crippen MR) is 95.8 cm³/mol. The summed E-state index contributed by atoms with van der Waals surface area (Å²) in [5, 5.41) is 9.56. The zero-order valence-corrected chi connectivity index (χ0v) is 13.1. The molecule has 0 aromatic heterocycles. The number of carboxylic acids is 1. The number of rotatable bonds is 6. The molecule has 1 atom stereocenters. The molecule has 1 N–H and O–H groups in total. The van der Waals surface area contributed by atoms with Crippen molar-refractivity contribution in [1.29, 1.82) is 0 Å². The summed E-state index contributed by atoms with van der Waals surface area (Å²) in [6.45, 7) is 5.43. The predicted octanol–water partition coefficient (Wildman–Crippen LogP) is 5.06. The third-order valence-corrected chi connectivity index (χ3v) is 3.66. The number of aliphatic carboxylic acids is 1. The van der Waals surface area contributed by atoms with Crippen molar-refractivity contribution in [3.63, 3.8) is 0 Å². The Balaban J connectivity index is 2.76. The van der Waals surface area contributed by atoms with E-state index in [0.29, 0.717) is 0 Å². The summed E-state index contributed by atoms with van der Waals surface area (Å²) in [7, 11) is 0. The number of benzene rings is 2. The molecule has 0 saturated carbocycles. The van der Waals surface area contributed by atoms with Crippen molar-refractivity contribution in [2.24, 2.45) is 5.92 Å². The van der Waals surface area contributed by atoms with Crippen LogP contribution in [0.3, 0.4) is 0 Å². The van der Waals surface area contributed by atoms with Crippen LogP contribution in [0.2, 0.25) is 0 Å². The Morgan fingerprint density at radius 1 is 1.00 bits per heavy atom. The Bertz CT molecular complexity index is 725. The number of allylic oxidation sites excluding steroid dienone is 4. The van der Waals surface area contributed by atoms with Crippen LogP contribution < -0.4 is 0 Å². The van der Waals surface area contributed by atoms with E-state index in [9.17, 15) is 9.90 Å². The molecule has 2 aromatic rings. The summed E-state index contributed by atoms with van der Waals surface area (Å²) in [5.74, 6) is -1.47. The molecular weight excluding hydrogens is 284 g/mol. The van der Waals surface area contributed by atoms with Crippen LogP contribution in [-0.4, -0.2) is 11.1 Å². The summed E-state index contributed by atoms with van der Waals surface area (Å²) in [6.07, 6.45) is 5.45. The summed E-state index contributed by atoms with van der Waals surface area (Å²) < 4.78 is 0. The van der Waals surface area contributed by atoms with Crippen LogP contribution in [0, 0.1) is 5.92 Å². The average molecular weight is 304 g/mol. The zero-order valence-electron chi connectivity index (χ0n) is 13.1. The summed E-state index contributed by atoms with van der Waals surface area (Å²) in [6, 6.07) is 19.5. The zero-order chi connectivity index (χ0) is 16.7. The molecule has 0 bridgehead atoms. The van der Waals surface area contributed by atoms with Crippen molar-refractivity contribution < 1.29 is 9.90 Å². The van der Waals surface area contributed by atoms with Gasteiger partial charge in [0.05, 0.1) is 5.92 Å². The highest BCUT2D eigenvalue weighted by molar-refractivity contribution is 6.02. The highest BCUT2D eigenvalue weighted by Crippen LogP contribution is 2.33. The van der Waals surface area contributed by atoms with Crippen LogP contribution >= 0.6 is 0 Å². The smallest absolute Gasteiger partial charge is 0.310 e. The molecule has 116 valence electrons. The maximum Gasteiger partial charge on any atom is 0.310 e. The minimum atomic E-state index is -0.843. The quantitative estimate of drug-likeness (QED) is 0.598. The van der Waals surface area contributed by atoms with E-state index in [2.05, 4.69) is 6.58 Å². The van der Waals surface area contributed by atoms with Gasteiger partial charge in [0, 0.05) is 0 Å². The lowest BCUT2D eigenvalue weighted by atomic mass is 9.86. The van der Waals surface area contributed by atoms with Gasteiger partial charge in [-0.1, -0.05) is 85.5 Å². The van der Waals surface area contributed by atoms with Gasteiger partial charge in [-0.15, -0.1) is 0 Å². The fraction of sp³-hybridized carbons (Fsp3) is 0.0952. The fourth-order valence-corrected chi connectivity index (χ4v) is 2.50. The van der Waals surface area contributed by atoms with Crippen molar-refractivity contribution in [2.45, 2.75) is 6.92 Å². The van der Waals surface area contributed by atoms with Crippen molar-refractivity contribution in [3.8, 4) is 0 Å². The highest BCUT2D eigenvalue weighted by Gasteiger charge is 2.21. The lowest BCUT2D eigenvalue weighted by molar-refractivity contribution is -0.139. The van der Waals surface area contributed by atoms with E-state index in [-0.39, 0.29) is 0 Å². The first-order chi connectivity index (χ1) is 11.1. The molecule has 1 unspecified atom stereocenters. The van der Waals surface area contributed by atoms with Crippen molar-refractivity contribution in [3.05, 3.63) is 96.6 Å². The van der Waals surface area contributed by atoms with Crippen molar-refractivity contribution in [1.82, 2.24) is 0 Å². The Kier molecular flexibility index (Phi) is 5.70. The van der Waals surface area contributed by atoms with E-state index in [1.807, 2.05) is 72.8 Å². The third kappa shape index (κ3) is 4.07. The molecule has 0 aliphatic carbocycles. The molecule has 2 rings (SSSR count). The van der Waals surface area contributed by atoms with Crippen LogP contribution in [0.1, 0.15) is 18.1 Å². The monoisotopic (exact) mass is 304 g/mol. The second kappa shape index (κ2) is 7.95. The van der Waals surface area contributed by atoms with Gasteiger partial charge in [0.15, 0.2) is 0 Å². The summed E-state index contributed by atoms with van der Waals surface area (Å²) >= 11 is 0. The van der Waals surface area contributed by atoms with Crippen LogP contribution in [0.25, 0.3) is 11.1 Å². The van der Waals surface area contributed by atoms with Gasteiger partial charge in [0.25, 0.3) is 0 Å². The van der Waals surface area contributed by atoms with Crippen LogP contribution in [-0.2, 0) is 4.79 Å². The van der Waals surface area contributed by atoms with Crippen molar-refractivity contribution >= 4 is 17.1 Å². The number of carboxylic acid groups (broad SMARTS) is 1. The SMILES string of the molecule is C=CC=CC(=C(c1ccccc1)C(C)C(=O)O)c1ccccc1. The molecule has 23 heavy (non-hydrogen) atoms. The van der Waals surface area contributed by atoms with E-state index in [0.717, 1.165) is 22.3 Å². The fourth-order valence-electron chi connectivity index (χ4n) is 2.50. The van der Waals surface area contributed by atoms with Gasteiger partial charge < -0.3 is 5.11 Å². The van der Waals surface area contributed by atoms with Gasteiger partial charge in [-0.05, 0) is 29.2 Å². The van der Waals surface area contributed by atoms with Gasteiger partial charge in [-0.25, -0.2) is 0 Å². The largest absolute Gasteiger partial charge is 0.481 e. The van der Waals surface area contributed by atoms with E-state index in [1.165, 1.54) is 0 Å². The molecule has 0 radical (unpaired) electrons. The molecule has 0 saturated heterocycles. The van der Waals surface area contributed by atoms with Crippen molar-refractivity contribution in [2.75, 3.05) is 0 Å². The molecule has 0 amide bonds. The first-order valence-electron chi connectivity index (χ1n) is 7.52. The van der Waals surface area contributed by atoms with Gasteiger partial charge in [0.2, 0.25) is 0 Å². The maximum atomic E-state index is 11.6. The lowest BCUT2D eigenvalue weighted by Gasteiger charge is -2.18. The third-order valence-electron chi connectivity index (χ3n) is 3.66. The minimum Gasteiger partial charge on any atom is -0.481 e. The van der Waals surface area contributed by atoms with Crippen LogP contribution in [0.15, 0.2) is 85.5 Å². The number of carbonyl (C=O) groups is 1. The van der Waals surface area contributed by atoms with Gasteiger partial charge in [-0.2, -0.15) is 0 Å². The Morgan fingerprint density at radius 2 is 1.52 bits per heavy atom. The molecule has 2 heteroatoms. The number of hydrogen-bond donors (Lipinski definition) is 1. The molecule has 0 aliphatic rings. The second-order valence-corrected chi connectivity index (χ2v) is 5.21. The summed E-state index contributed by atoms with van der Waals surface area (Å²) in [4.78, 5) is 11.6. The maximum absolute atomic E-state index is 11.6. The first kappa shape index (κ1) is 16.5. The normalized spacial score (nSPS) is 13.4. The minimum absolute atomic E-state index is 0.623. The topological polar surface area (TPSA) is 37.3 Å². The van der Waals surface area contributed by atoms with Gasteiger partial charge in [-0.3, -0.25) is 4.79 Å². The number of hydrogen-bond acceptors (Lipinski definition) is 1. The first-order valence-corrected chi connectivity index (χ1v) is 7.52.